The lowest BCUT2D eigenvalue weighted by atomic mass is 10.2. The van der Waals surface area contributed by atoms with Crippen LogP contribution >= 0.6 is 11.6 Å². The first-order valence-corrected chi connectivity index (χ1v) is 7.62. The maximum absolute atomic E-state index is 12.9. The Kier molecular flexibility index (Phi) is 5.93. The number of halogens is 2. The molecule has 0 N–H and O–H groups in total. The zero-order valence-corrected chi connectivity index (χ0v) is 12.1. The highest BCUT2D eigenvalue weighted by Crippen LogP contribution is 2.17. The molecular formula is C15H22ClFN2. The van der Waals surface area contributed by atoms with E-state index in [0.29, 0.717) is 0 Å². The topological polar surface area (TPSA) is 6.48 Å². The molecule has 0 spiro atoms. The molecule has 0 amide bonds. The van der Waals surface area contributed by atoms with Crippen molar-refractivity contribution in [3.8, 4) is 0 Å². The quantitative estimate of drug-likeness (QED) is 0.584. The largest absolute Gasteiger partial charge is 0.369 e. The van der Waals surface area contributed by atoms with Crippen molar-refractivity contribution in [3.05, 3.63) is 30.1 Å². The second-order valence-electron chi connectivity index (χ2n) is 5.05. The fourth-order valence-electron chi connectivity index (χ4n) is 2.49. The van der Waals surface area contributed by atoms with E-state index >= 15 is 0 Å². The Morgan fingerprint density at radius 2 is 1.63 bits per heavy atom. The van der Waals surface area contributed by atoms with Crippen molar-refractivity contribution in [2.45, 2.75) is 19.3 Å². The molecule has 1 aromatic rings. The van der Waals surface area contributed by atoms with Crippen molar-refractivity contribution in [3.63, 3.8) is 0 Å². The van der Waals surface area contributed by atoms with E-state index in [1.165, 1.54) is 31.5 Å². The Hall–Kier alpha value is -0.800. The highest BCUT2D eigenvalue weighted by molar-refractivity contribution is 6.17. The van der Waals surface area contributed by atoms with E-state index in [0.717, 1.165) is 44.2 Å². The Morgan fingerprint density at radius 1 is 0.947 bits per heavy atom. The SMILES string of the molecule is Fc1ccc(N2CCN(CCCCCCl)CC2)cc1. The fraction of sp³-hybridized carbons (Fsp3) is 0.600. The highest BCUT2D eigenvalue weighted by atomic mass is 35.5. The third-order valence-corrected chi connectivity index (χ3v) is 3.94. The summed E-state index contributed by atoms with van der Waals surface area (Å²) in [7, 11) is 0. The summed E-state index contributed by atoms with van der Waals surface area (Å²) in [6.45, 7) is 5.42. The van der Waals surface area contributed by atoms with Gasteiger partial charge in [0, 0.05) is 37.7 Å². The number of hydrogen-bond donors (Lipinski definition) is 0. The lowest BCUT2D eigenvalue weighted by molar-refractivity contribution is 0.253. The van der Waals surface area contributed by atoms with E-state index in [1.54, 1.807) is 0 Å². The van der Waals surface area contributed by atoms with Crippen LogP contribution in [0.2, 0.25) is 0 Å². The van der Waals surface area contributed by atoms with Crippen LogP contribution < -0.4 is 4.90 Å². The molecule has 2 nitrogen and oxygen atoms in total. The molecule has 2 rings (SSSR count). The molecule has 1 aromatic carbocycles. The summed E-state index contributed by atoms with van der Waals surface area (Å²) in [4.78, 5) is 4.84. The number of alkyl halides is 1. The van der Waals surface area contributed by atoms with Crippen molar-refractivity contribution < 1.29 is 4.39 Å². The third-order valence-electron chi connectivity index (χ3n) is 3.67. The molecule has 0 bridgehead atoms. The molecule has 4 heteroatoms. The van der Waals surface area contributed by atoms with Gasteiger partial charge in [0.25, 0.3) is 0 Å². The summed E-state index contributed by atoms with van der Waals surface area (Å²) in [6, 6.07) is 6.80. The second-order valence-corrected chi connectivity index (χ2v) is 5.43. The van der Waals surface area contributed by atoms with Crippen LogP contribution in [0.5, 0.6) is 0 Å². The number of piperazine rings is 1. The van der Waals surface area contributed by atoms with E-state index in [2.05, 4.69) is 9.80 Å². The van der Waals surface area contributed by atoms with Crippen molar-refractivity contribution in [2.75, 3.05) is 43.5 Å². The molecule has 1 fully saturated rings. The standard InChI is InChI=1S/C15H22ClFN2/c16-8-2-1-3-9-18-10-12-19(13-11-18)15-6-4-14(17)5-7-15/h4-7H,1-3,8-13H2. The van der Waals surface area contributed by atoms with Gasteiger partial charge < -0.3 is 4.90 Å². The predicted molar refractivity (Wildman–Crippen MR) is 79.6 cm³/mol. The first-order chi connectivity index (χ1) is 9.29. The lowest BCUT2D eigenvalue weighted by Crippen LogP contribution is -2.46. The van der Waals surface area contributed by atoms with Gasteiger partial charge in [-0.05, 0) is 43.7 Å². The van der Waals surface area contributed by atoms with Gasteiger partial charge in [-0.15, -0.1) is 11.6 Å². The van der Waals surface area contributed by atoms with E-state index in [1.807, 2.05) is 12.1 Å². The van der Waals surface area contributed by atoms with Gasteiger partial charge in [0.15, 0.2) is 0 Å². The first kappa shape index (κ1) is 14.6. The molecule has 1 saturated heterocycles. The monoisotopic (exact) mass is 284 g/mol. The Balaban J connectivity index is 1.71. The van der Waals surface area contributed by atoms with Gasteiger partial charge in [-0.1, -0.05) is 6.42 Å². The number of hydrogen-bond acceptors (Lipinski definition) is 2. The van der Waals surface area contributed by atoms with Crippen LogP contribution in [0.15, 0.2) is 24.3 Å². The van der Waals surface area contributed by atoms with Gasteiger partial charge in [-0.3, -0.25) is 4.90 Å². The molecule has 0 saturated carbocycles. The van der Waals surface area contributed by atoms with Gasteiger partial charge in [0.05, 0.1) is 0 Å². The maximum atomic E-state index is 12.9. The molecule has 106 valence electrons. The molecule has 1 aliphatic rings. The summed E-state index contributed by atoms with van der Waals surface area (Å²) in [5.41, 5.74) is 1.13. The number of nitrogens with zero attached hydrogens (tertiary/aromatic N) is 2. The number of anilines is 1. The summed E-state index contributed by atoms with van der Waals surface area (Å²) in [6.07, 6.45) is 3.59. The fourth-order valence-corrected chi connectivity index (χ4v) is 2.68. The molecule has 0 unspecified atom stereocenters. The highest BCUT2D eigenvalue weighted by Gasteiger charge is 2.16. The van der Waals surface area contributed by atoms with Crippen LogP contribution in [0.4, 0.5) is 10.1 Å². The summed E-state index contributed by atoms with van der Waals surface area (Å²) >= 11 is 5.67. The molecule has 0 aliphatic carbocycles. The number of rotatable bonds is 6. The van der Waals surface area contributed by atoms with Crippen molar-refractivity contribution >= 4 is 17.3 Å². The van der Waals surface area contributed by atoms with Crippen LogP contribution in [0, 0.1) is 5.82 Å². The molecule has 0 radical (unpaired) electrons. The molecule has 1 aliphatic heterocycles. The Labute approximate surface area is 120 Å². The zero-order valence-electron chi connectivity index (χ0n) is 11.3. The molecular weight excluding hydrogens is 263 g/mol. The second kappa shape index (κ2) is 7.71. The smallest absolute Gasteiger partial charge is 0.123 e. The normalized spacial score (nSPS) is 16.8. The summed E-state index contributed by atoms with van der Waals surface area (Å²) in [5.74, 6) is 0.611. The van der Waals surface area contributed by atoms with E-state index < -0.39 is 0 Å². The first-order valence-electron chi connectivity index (χ1n) is 7.08. The average molecular weight is 285 g/mol. The van der Waals surface area contributed by atoms with Crippen molar-refractivity contribution in [1.29, 1.82) is 0 Å². The zero-order chi connectivity index (χ0) is 13.5. The Morgan fingerprint density at radius 3 is 2.26 bits per heavy atom. The predicted octanol–water partition coefficient (Wildman–Crippen LogP) is 3.36. The van der Waals surface area contributed by atoms with E-state index in [4.69, 9.17) is 11.6 Å². The molecule has 0 aromatic heterocycles. The molecule has 1 heterocycles. The molecule has 0 atom stereocenters. The minimum atomic E-state index is -0.165. The lowest BCUT2D eigenvalue weighted by Gasteiger charge is -2.36. The van der Waals surface area contributed by atoms with Gasteiger partial charge >= 0.3 is 0 Å². The van der Waals surface area contributed by atoms with Gasteiger partial charge in [-0.25, -0.2) is 4.39 Å². The maximum Gasteiger partial charge on any atom is 0.123 e. The Bertz CT molecular complexity index is 361. The van der Waals surface area contributed by atoms with Crippen LogP contribution in [-0.4, -0.2) is 43.5 Å². The average Bonchev–Trinajstić information content (AvgIpc) is 2.45. The van der Waals surface area contributed by atoms with E-state index in [-0.39, 0.29) is 5.82 Å². The number of benzene rings is 1. The van der Waals surface area contributed by atoms with Gasteiger partial charge in [-0.2, -0.15) is 0 Å². The van der Waals surface area contributed by atoms with Crippen LogP contribution in [0.1, 0.15) is 19.3 Å². The van der Waals surface area contributed by atoms with Gasteiger partial charge in [0.1, 0.15) is 5.82 Å². The van der Waals surface area contributed by atoms with Gasteiger partial charge in [0.2, 0.25) is 0 Å². The van der Waals surface area contributed by atoms with E-state index in [9.17, 15) is 4.39 Å². The number of unbranched alkanes of at least 4 members (excludes halogenated alkanes) is 2. The minimum Gasteiger partial charge on any atom is -0.369 e. The van der Waals surface area contributed by atoms with Crippen molar-refractivity contribution in [1.82, 2.24) is 4.90 Å². The van der Waals surface area contributed by atoms with Crippen LogP contribution in [0.25, 0.3) is 0 Å². The van der Waals surface area contributed by atoms with Crippen LogP contribution in [-0.2, 0) is 0 Å². The third kappa shape index (κ3) is 4.66. The van der Waals surface area contributed by atoms with Crippen LogP contribution in [0.3, 0.4) is 0 Å². The molecule has 19 heavy (non-hydrogen) atoms. The minimum absolute atomic E-state index is 0.165. The summed E-state index contributed by atoms with van der Waals surface area (Å²) in [5, 5.41) is 0. The summed E-state index contributed by atoms with van der Waals surface area (Å²) < 4.78 is 12.9. The van der Waals surface area contributed by atoms with Crippen molar-refractivity contribution in [2.24, 2.45) is 0 Å².